The fourth-order valence-electron chi connectivity index (χ4n) is 12.1. The average molecular weight is 881 g/mol. The summed E-state index contributed by atoms with van der Waals surface area (Å²) in [7, 11) is 0. The molecule has 2 aliphatic carbocycles. The van der Waals surface area contributed by atoms with Crippen LogP contribution in [0.3, 0.4) is 0 Å². The van der Waals surface area contributed by atoms with E-state index in [1.165, 1.54) is 115 Å². The molecule has 0 spiro atoms. The van der Waals surface area contributed by atoms with Crippen LogP contribution in [0.1, 0.15) is 42.9 Å². The quantitative estimate of drug-likeness (QED) is 0.151. The maximum absolute atomic E-state index is 2.57. The Balaban J connectivity index is 1.08. The second-order valence-corrected chi connectivity index (χ2v) is 19.6. The third kappa shape index (κ3) is 6.05. The Kier molecular flexibility index (Phi) is 8.79. The summed E-state index contributed by atoms with van der Waals surface area (Å²) < 4.78 is 2.57. The topological polar surface area (TPSA) is 8.17 Å². The molecule has 1 unspecified atom stereocenters. The van der Waals surface area contributed by atoms with E-state index in [0.717, 1.165) is 17.8 Å². The van der Waals surface area contributed by atoms with Gasteiger partial charge in [-0.05, 0) is 126 Å². The van der Waals surface area contributed by atoms with Crippen LogP contribution < -0.4 is 4.90 Å². The van der Waals surface area contributed by atoms with Crippen LogP contribution in [0.15, 0.2) is 242 Å². The minimum absolute atomic E-state index is 0.156. The molecule has 0 radical (unpaired) electrons. The number of aromatic nitrogens is 1. The largest absolute Gasteiger partial charge is 0.310 e. The molecule has 69 heavy (non-hydrogen) atoms. The van der Waals surface area contributed by atoms with Gasteiger partial charge in [-0.1, -0.05) is 208 Å². The zero-order valence-electron chi connectivity index (χ0n) is 38.7. The molecule has 0 amide bonds. The first-order chi connectivity index (χ1) is 34.0. The lowest BCUT2D eigenvalue weighted by Crippen LogP contribution is -2.20. The summed E-state index contributed by atoms with van der Waals surface area (Å²) in [5.74, 6) is 0.307. The first-order valence-electron chi connectivity index (χ1n) is 24.4. The molecule has 1 heterocycles. The van der Waals surface area contributed by atoms with Crippen molar-refractivity contribution in [1.82, 2.24) is 4.57 Å². The smallest absolute Gasteiger partial charge is 0.0640 e. The fourth-order valence-corrected chi connectivity index (χ4v) is 12.1. The summed E-state index contributed by atoms with van der Waals surface area (Å²) in [6.07, 6.45) is 8.17. The van der Waals surface area contributed by atoms with Crippen molar-refractivity contribution < 1.29 is 0 Å². The third-order valence-corrected chi connectivity index (χ3v) is 15.5. The Morgan fingerprint density at radius 3 is 1.84 bits per heavy atom. The molecule has 2 heteroatoms. The van der Waals surface area contributed by atoms with Crippen molar-refractivity contribution in [3.8, 4) is 27.9 Å². The zero-order chi connectivity index (χ0) is 45.8. The number of hydrogen-bond donors (Lipinski definition) is 0. The number of hydrogen-bond acceptors (Lipinski definition) is 1. The highest BCUT2D eigenvalue weighted by atomic mass is 15.2. The van der Waals surface area contributed by atoms with E-state index in [1.54, 1.807) is 0 Å². The van der Waals surface area contributed by atoms with E-state index < -0.39 is 0 Å². The lowest BCUT2D eigenvalue weighted by Gasteiger charge is -2.31. The predicted molar refractivity (Wildman–Crippen MR) is 293 cm³/mol. The molecule has 0 aliphatic heterocycles. The number of benzene rings is 11. The minimum Gasteiger partial charge on any atom is -0.310 e. The summed E-state index contributed by atoms with van der Waals surface area (Å²) in [4.78, 5) is 2.57. The number of nitrogens with zero attached hydrogens (tertiary/aromatic N) is 2. The lowest BCUT2D eigenvalue weighted by molar-refractivity contribution is 0.660. The van der Waals surface area contributed by atoms with Crippen molar-refractivity contribution >= 4 is 76.3 Å². The van der Waals surface area contributed by atoms with E-state index in [2.05, 4.69) is 260 Å². The predicted octanol–water partition coefficient (Wildman–Crippen LogP) is 18.1. The molecule has 12 aromatic rings. The van der Waals surface area contributed by atoms with Gasteiger partial charge >= 0.3 is 0 Å². The number of anilines is 2. The van der Waals surface area contributed by atoms with Gasteiger partial charge in [0.15, 0.2) is 0 Å². The van der Waals surface area contributed by atoms with Crippen molar-refractivity contribution in [2.45, 2.75) is 31.6 Å². The molecular formula is C67H48N2. The SMILES string of the molecule is CC1(C)c2ccccc2-c2ccc(N(C3=CCC(c4ccccc4)C=C3)c3cc4ccccc4c4c3c3ccc(-c5ccccc5)cc3n4-c3ccc4c5ccccc5c5ccccc5c4c3)cc21. The summed E-state index contributed by atoms with van der Waals surface area (Å²) in [6, 6.07) is 81.5. The molecule has 1 aromatic heterocycles. The summed E-state index contributed by atoms with van der Waals surface area (Å²) in [6.45, 7) is 4.77. The Bertz CT molecular complexity index is 4100. The molecule has 14 rings (SSSR count). The van der Waals surface area contributed by atoms with E-state index >= 15 is 0 Å². The van der Waals surface area contributed by atoms with Gasteiger partial charge in [0.2, 0.25) is 0 Å². The van der Waals surface area contributed by atoms with Crippen molar-refractivity contribution in [1.29, 1.82) is 0 Å². The van der Waals surface area contributed by atoms with Crippen LogP contribution in [0.4, 0.5) is 11.4 Å². The van der Waals surface area contributed by atoms with Crippen LogP contribution >= 0.6 is 0 Å². The van der Waals surface area contributed by atoms with Crippen LogP contribution in [-0.2, 0) is 5.41 Å². The minimum atomic E-state index is -0.156. The highest BCUT2D eigenvalue weighted by Gasteiger charge is 2.36. The molecule has 0 saturated heterocycles. The number of rotatable bonds is 6. The van der Waals surface area contributed by atoms with Gasteiger partial charge in [-0.25, -0.2) is 0 Å². The van der Waals surface area contributed by atoms with Gasteiger partial charge < -0.3 is 9.47 Å². The van der Waals surface area contributed by atoms with E-state index in [1.807, 2.05) is 0 Å². The Morgan fingerprint density at radius 2 is 1.10 bits per heavy atom. The summed E-state index contributed by atoms with van der Waals surface area (Å²) >= 11 is 0. The first-order valence-corrected chi connectivity index (χ1v) is 24.4. The van der Waals surface area contributed by atoms with Crippen molar-refractivity contribution in [3.63, 3.8) is 0 Å². The monoisotopic (exact) mass is 880 g/mol. The second-order valence-electron chi connectivity index (χ2n) is 19.6. The highest BCUT2D eigenvalue weighted by molar-refractivity contribution is 6.27. The highest BCUT2D eigenvalue weighted by Crippen LogP contribution is 2.52. The van der Waals surface area contributed by atoms with E-state index in [-0.39, 0.29) is 5.41 Å². The molecule has 11 aromatic carbocycles. The van der Waals surface area contributed by atoms with E-state index in [0.29, 0.717) is 5.92 Å². The maximum Gasteiger partial charge on any atom is 0.0640 e. The number of allylic oxidation sites excluding steroid dienone is 3. The van der Waals surface area contributed by atoms with Gasteiger partial charge in [-0.3, -0.25) is 0 Å². The third-order valence-electron chi connectivity index (χ3n) is 15.5. The number of fused-ring (bicyclic) bond motifs is 14. The molecule has 1 atom stereocenters. The van der Waals surface area contributed by atoms with E-state index in [9.17, 15) is 0 Å². The second kappa shape index (κ2) is 15.3. The molecule has 0 bridgehead atoms. The van der Waals surface area contributed by atoms with Crippen LogP contribution in [0.25, 0.3) is 92.8 Å². The normalized spacial score (nSPS) is 15.0. The Labute approximate surface area is 402 Å². The molecule has 2 aliphatic rings. The van der Waals surface area contributed by atoms with Crippen molar-refractivity contribution in [2.75, 3.05) is 4.90 Å². The lowest BCUT2D eigenvalue weighted by atomic mass is 9.82. The zero-order valence-corrected chi connectivity index (χ0v) is 38.7. The van der Waals surface area contributed by atoms with Crippen LogP contribution in [0.5, 0.6) is 0 Å². The molecule has 0 saturated carbocycles. The van der Waals surface area contributed by atoms with Crippen LogP contribution in [0.2, 0.25) is 0 Å². The van der Waals surface area contributed by atoms with Gasteiger partial charge in [0, 0.05) is 44.6 Å². The maximum atomic E-state index is 2.57. The molecule has 326 valence electrons. The van der Waals surface area contributed by atoms with Crippen molar-refractivity contribution in [3.05, 3.63) is 259 Å². The van der Waals surface area contributed by atoms with Gasteiger partial charge in [0.25, 0.3) is 0 Å². The summed E-state index contributed by atoms with van der Waals surface area (Å²) in [5, 5.41) is 12.5. The Hall–Kier alpha value is -8.46. The standard InChI is InChI=1S/C67H48N2/c1-67(2)61-28-16-15-27-57(61)58-38-35-50(42-62(58)67)68(48-32-29-45(30-33-48)43-17-5-3-6-18-43)64-40-47-21-9-10-22-51(47)66-65(64)59-36-31-46(44-19-7-4-8-20-44)39-63(59)69(66)49-34-37-56-54-25-12-11-23-52(54)53-24-13-14-26-55(53)60(56)41-49/h3-29,31-42,45H,30H2,1-2H3. The fraction of sp³-hybridized carbons (Fsp3) is 0.0746. The molecule has 0 N–H and O–H groups in total. The average Bonchev–Trinajstić information content (AvgIpc) is 3.88. The molecule has 0 fully saturated rings. The molecular weight excluding hydrogens is 833 g/mol. The van der Waals surface area contributed by atoms with E-state index in [4.69, 9.17) is 0 Å². The van der Waals surface area contributed by atoms with Gasteiger partial charge in [-0.2, -0.15) is 0 Å². The van der Waals surface area contributed by atoms with Crippen LogP contribution in [0, 0.1) is 0 Å². The van der Waals surface area contributed by atoms with Crippen LogP contribution in [-0.4, -0.2) is 4.57 Å². The Morgan fingerprint density at radius 1 is 0.478 bits per heavy atom. The summed E-state index contributed by atoms with van der Waals surface area (Å²) in [5.41, 5.74) is 16.0. The van der Waals surface area contributed by atoms with Gasteiger partial charge in [0.05, 0.1) is 16.7 Å². The van der Waals surface area contributed by atoms with Gasteiger partial charge in [0.1, 0.15) is 0 Å². The molecule has 2 nitrogen and oxygen atoms in total. The van der Waals surface area contributed by atoms with Crippen molar-refractivity contribution in [2.24, 2.45) is 0 Å². The first kappa shape index (κ1) is 39.7. The van der Waals surface area contributed by atoms with Gasteiger partial charge in [-0.15, -0.1) is 0 Å².